The topological polar surface area (TPSA) is 62.9 Å². The van der Waals surface area contributed by atoms with Crippen LogP contribution in [0.2, 0.25) is 0 Å². The molecule has 0 spiro atoms. The van der Waals surface area contributed by atoms with Crippen LogP contribution in [0.15, 0.2) is 34.7 Å². The Bertz CT molecular complexity index is 618. The van der Waals surface area contributed by atoms with Gasteiger partial charge >= 0.3 is 5.97 Å². The zero-order chi connectivity index (χ0) is 14.7. The zero-order valence-electron chi connectivity index (χ0n) is 11.7. The fourth-order valence-corrected chi connectivity index (χ4v) is 2.01. The van der Waals surface area contributed by atoms with Crippen molar-refractivity contribution < 1.29 is 19.1 Å². The Morgan fingerprint density at radius 3 is 2.75 bits per heavy atom. The van der Waals surface area contributed by atoms with Crippen LogP contribution < -0.4 is 9.64 Å². The highest BCUT2D eigenvalue weighted by atomic mass is 16.5. The van der Waals surface area contributed by atoms with Gasteiger partial charge in [-0.05, 0) is 25.1 Å². The first-order chi connectivity index (χ1) is 9.51. The molecule has 0 fully saturated rings. The molecule has 0 radical (unpaired) electrons. The van der Waals surface area contributed by atoms with Crippen LogP contribution in [0.4, 0.5) is 5.69 Å². The first-order valence-corrected chi connectivity index (χ1v) is 6.19. The van der Waals surface area contributed by atoms with E-state index < -0.39 is 5.97 Å². The summed E-state index contributed by atoms with van der Waals surface area (Å²) in [7, 11) is 3.53. The molecule has 2 rings (SSSR count). The number of aromatic carboxylic acids is 1. The smallest absolute Gasteiger partial charge is 0.372 e. The predicted octanol–water partition coefficient (Wildman–Crippen LogP) is 2.93. The van der Waals surface area contributed by atoms with E-state index in [9.17, 15) is 4.79 Å². The van der Waals surface area contributed by atoms with Crippen molar-refractivity contribution in [2.45, 2.75) is 13.5 Å². The van der Waals surface area contributed by atoms with Crippen LogP contribution in [0.5, 0.6) is 5.75 Å². The molecule has 106 valence electrons. The van der Waals surface area contributed by atoms with Crippen LogP contribution in [0.1, 0.15) is 21.9 Å². The Morgan fingerprint density at radius 2 is 2.15 bits per heavy atom. The van der Waals surface area contributed by atoms with Crippen molar-refractivity contribution in [1.29, 1.82) is 0 Å². The van der Waals surface area contributed by atoms with Gasteiger partial charge < -0.3 is 19.2 Å². The van der Waals surface area contributed by atoms with Gasteiger partial charge in [-0.1, -0.05) is 6.07 Å². The normalized spacial score (nSPS) is 10.3. The van der Waals surface area contributed by atoms with Crippen molar-refractivity contribution in [3.63, 3.8) is 0 Å². The number of carbonyl (C=O) groups is 1. The number of nitrogens with zero attached hydrogens (tertiary/aromatic N) is 1. The molecular formula is C15H17NO4. The summed E-state index contributed by atoms with van der Waals surface area (Å²) in [6, 6.07) is 9.39. The van der Waals surface area contributed by atoms with Crippen molar-refractivity contribution in [3.8, 4) is 5.75 Å². The van der Waals surface area contributed by atoms with E-state index in [1.807, 2.05) is 36.2 Å². The first-order valence-electron chi connectivity index (χ1n) is 6.19. The number of benzene rings is 1. The Balaban J connectivity index is 2.16. The van der Waals surface area contributed by atoms with Gasteiger partial charge in [-0.25, -0.2) is 4.79 Å². The minimum absolute atomic E-state index is 0.000887. The molecule has 0 bridgehead atoms. The van der Waals surface area contributed by atoms with E-state index in [4.69, 9.17) is 14.3 Å². The lowest BCUT2D eigenvalue weighted by Gasteiger charge is -2.18. The zero-order valence-corrected chi connectivity index (χ0v) is 11.7. The molecule has 0 aliphatic carbocycles. The highest BCUT2D eigenvalue weighted by Gasteiger charge is 2.15. The number of methoxy groups -OCH3 is 1. The van der Waals surface area contributed by atoms with E-state index in [0.29, 0.717) is 17.9 Å². The summed E-state index contributed by atoms with van der Waals surface area (Å²) < 4.78 is 10.5. The molecule has 1 N–H and O–H groups in total. The number of carboxylic acid groups (broad SMARTS) is 1. The number of furan rings is 1. The summed E-state index contributed by atoms with van der Waals surface area (Å²) in [5.41, 5.74) is 1.60. The molecule has 1 aromatic heterocycles. The van der Waals surface area contributed by atoms with Gasteiger partial charge in [-0.15, -0.1) is 0 Å². The van der Waals surface area contributed by atoms with Crippen molar-refractivity contribution in [3.05, 3.63) is 47.4 Å². The second-order valence-corrected chi connectivity index (χ2v) is 4.59. The molecule has 2 aromatic rings. The minimum Gasteiger partial charge on any atom is -0.497 e. The Labute approximate surface area is 117 Å². The van der Waals surface area contributed by atoms with Crippen LogP contribution in [0.25, 0.3) is 0 Å². The van der Waals surface area contributed by atoms with Gasteiger partial charge in [-0.2, -0.15) is 0 Å². The van der Waals surface area contributed by atoms with Crippen LogP contribution in [0, 0.1) is 6.92 Å². The van der Waals surface area contributed by atoms with E-state index in [1.165, 1.54) is 0 Å². The summed E-state index contributed by atoms with van der Waals surface area (Å²) in [6.45, 7) is 2.21. The Hall–Kier alpha value is -2.43. The third-order valence-electron chi connectivity index (χ3n) is 3.05. The molecule has 20 heavy (non-hydrogen) atoms. The molecule has 0 aliphatic heterocycles. The van der Waals surface area contributed by atoms with Gasteiger partial charge in [0.25, 0.3) is 0 Å². The number of anilines is 1. The Morgan fingerprint density at radius 1 is 1.40 bits per heavy atom. The average Bonchev–Trinajstić information content (AvgIpc) is 2.79. The lowest BCUT2D eigenvalue weighted by atomic mass is 10.2. The van der Waals surface area contributed by atoms with E-state index in [-0.39, 0.29) is 5.76 Å². The van der Waals surface area contributed by atoms with Crippen molar-refractivity contribution in [2.75, 3.05) is 19.1 Å². The maximum atomic E-state index is 11.0. The van der Waals surface area contributed by atoms with Crippen molar-refractivity contribution in [2.24, 2.45) is 0 Å². The molecule has 0 saturated heterocycles. The molecule has 5 heteroatoms. The molecule has 0 amide bonds. The first kappa shape index (κ1) is 14.0. The van der Waals surface area contributed by atoms with Crippen LogP contribution in [-0.2, 0) is 6.54 Å². The van der Waals surface area contributed by atoms with Gasteiger partial charge in [0.15, 0.2) is 0 Å². The maximum Gasteiger partial charge on any atom is 0.372 e. The molecule has 0 saturated carbocycles. The third-order valence-corrected chi connectivity index (χ3v) is 3.05. The molecule has 0 unspecified atom stereocenters. The number of hydrogen-bond acceptors (Lipinski definition) is 4. The van der Waals surface area contributed by atoms with E-state index in [1.54, 1.807) is 20.1 Å². The van der Waals surface area contributed by atoms with Crippen molar-refractivity contribution >= 4 is 11.7 Å². The van der Waals surface area contributed by atoms with Crippen LogP contribution in [0.3, 0.4) is 0 Å². The molecule has 0 aliphatic rings. The highest BCUT2D eigenvalue weighted by molar-refractivity contribution is 5.86. The molecule has 1 heterocycles. The fourth-order valence-electron chi connectivity index (χ4n) is 2.01. The number of hydrogen-bond donors (Lipinski definition) is 1. The van der Waals surface area contributed by atoms with Gasteiger partial charge in [0, 0.05) is 24.4 Å². The summed E-state index contributed by atoms with van der Waals surface area (Å²) >= 11 is 0. The van der Waals surface area contributed by atoms with Gasteiger partial charge in [0.1, 0.15) is 11.5 Å². The maximum absolute atomic E-state index is 11.0. The Kier molecular flexibility index (Phi) is 3.98. The van der Waals surface area contributed by atoms with E-state index in [0.717, 1.165) is 11.4 Å². The lowest BCUT2D eigenvalue weighted by molar-refractivity contribution is 0.0659. The second kappa shape index (κ2) is 5.69. The summed E-state index contributed by atoms with van der Waals surface area (Å²) in [5, 5.41) is 8.97. The lowest BCUT2D eigenvalue weighted by Crippen LogP contribution is -2.15. The second-order valence-electron chi connectivity index (χ2n) is 4.59. The summed E-state index contributed by atoms with van der Waals surface area (Å²) in [4.78, 5) is 12.9. The summed E-state index contributed by atoms with van der Waals surface area (Å²) in [6.07, 6.45) is 0. The van der Waals surface area contributed by atoms with Gasteiger partial charge in [0.2, 0.25) is 5.76 Å². The predicted molar refractivity (Wildman–Crippen MR) is 75.5 cm³/mol. The van der Waals surface area contributed by atoms with E-state index >= 15 is 0 Å². The fraction of sp³-hybridized carbons (Fsp3) is 0.267. The summed E-state index contributed by atoms with van der Waals surface area (Å²) in [5.74, 6) is 0.346. The highest BCUT2D eigenvalue weighted by Crippen LogP contribution is 2.23. The minimum atomic E-state index is -1.04. The third kappa shape index (κ3) is 2.93. The van der Waals surface area contributed by atoms with Crippen LogP contribution in [-0.4, -0.2) is 25.2 Å². The quantitative estimate of drug-likeness (QED) is 0.909. The van der Waals surface area contributed by atoms with E-state index in [2.05, 4.69) is 0 Å². The monoisotopic (exact) mass is 275 g/mol. The van der Waals surface area contributed by atoms with Crippen molar-refractivity contribution in [1.82, 2.24) is 0 Å². The largest absolute Gasteiger partial charge is 0.497 e. The molecule has 0 atom stereocenters. The van der Waals surface area contributed by atoms with Gasteiger partial charge in [0.05, 0.1) is 13.7 Å². The number of rotatable bonds is 5. The number of aryl methyl sites for hydroxylation is 1. The molecular weight excluding hydrogens is 258 g/mol. The molecule has 1 aromatic carbocycles. The molecule has 5 nitrogen and oxygen atoms in total. The number of ether oxygens (including phenoxy) is 1. The average molecular weight is 275 g/mol. The SMILES string of the molecule is COc1cccc(N(C)Cc2cc(C)c(C(=O)O)o2)c1. The van der Waals surface area contributed by atoms with Gasteiger partial charge in [-0.3, -0.25) is 0 Å². The number of carboxylic acids is 1. The van der Waals surface area contributed by atoms with Crippen LogP contribution >= 0.6 is 0 Å². The standard InChI is InChI=1S/C15H17NO4/c1-10-7-13(20-14(10)15(17)18)9-16(2)11-5-4-6-12(8-11)19-3/h4-8H,9H2,1-3H3,(H,17,18).